The highest BCUT2D eigenvalue weighted by atomic mass is 16.6. The molecular formula is C16H21N3O4. The van der Waals surface area contributed by atoms with E-state index in [2.05, 4.69) is 10.3 Å². The van der Waals surface area contributed by atoms with Gasteiger partial charge >= 0.3 is 6.09 Å². The number of benzene rings is 1. The Balaban J connectivity index is 1.96. The van der Waals surface area contributed by atoms with E-state index >= 15 is 0 Å². The molecule has 0 atom stereocenters. The van der Waals surface area contributed by atoms with Crippen LogP contribution in [0.3, 0.4) is 0 Å². The van der Waals surface area contributed by atoms with Crippen molar-refractivity contribution in [2.75, 3.05) is 18.9 Å². The summed E-state index contributed by atoms with van der Waals surface area (Å²) in [6.45, 7) is 6.96. The average Bonchev–Trinajstić information content (AvgIpc) is 2.75. The molecule has 0 aliphatic heterocycles. The second-order valence-electron chi connectivity index (χ2n) is 6.30. The number of carbonyl (C=O) groups excluding carboxylic acids is 2. The minimum atomic E-state index is -0.600. The van der Waals surface area contributed by atoms with Crippen molar-refractivity contribution in [3.8, 4) is 0 Å². The van der Waals surface area contributed by atoms with Gasteiger partial charge in [-0.2, -0.15) is 0 Å². The fraction of sp³-hybridized carbons (Fsp3) is 0.438. The predicted octanol–water partition coefficient (Wildman–Crippen LogP) is 2.94. The Morgan fingerprint density at radius 2 is 2.04 bits per heavy atom. The van der Waals surface area contributed by atoms with Crippen LogP contribution in [-0.4, -0.2) is 41.1 Å². The fourth-order valence-corrected chi connectivity index (χ4v) is 1.94. The number of oxazole rings is 1. The van der Waals surface area contributed by atoms with E-state index in [1.807, 2.05) is 0 Å². The highest BCUT2D eigenvalue weighted by molar-refractivity contribution is 5.95. The van der Waals surface area contributed by atoms with Gasteiger partial charge in [0.2, 0.25) is 5.91 Å². The third kappa shape index (κ3) is 4.70. The molecular weight excluding hydrogens is 298 g/mol. The van der Waals surface area contributed by atoms with Crippen LogP contribution in [0.2, 0.25) is 0 Å². The lowest BCUT2D eigenvalue weighted by molar-refractivity contribution is -0.117. The van der Waals surface area contributed by atoms with Crippen LogP contribution in [0.4, 0.5) is 10.5 Å². The van der Waals surface area contributed by atoms with Gasteiger partial charge in [0.1, 0.15) is 17.7 Å². The minimum absolute atomic E-state index is 0.109. The van der Waals surface area contributed by atoms with Crippen molar-refractivity contribution < 1.29 is 18.7 Å². The van der Waals surface area contributed by atoms with E-state index in [1.165, 1.54) is 11.9 Å². The van der Waals surface area contributed by atoms with Gasteiger partial charge in [-0.15, -0.1) is 0 Å². The third-order valence-corrected chi connectivity index (χ3v) is 2.87. The Hall–Kier alpha value is -2.57. The van der Waals surface area contributed by atoms with Crippen LogP contribution in [0.5, 0.6) is 0 Å². The van der Waals surface area contributed by atoms with E-state index in [0.29, 0.717) is 17.2 Å². The number of aromatic nitrogens is 1. The average molecular weight is 319 g/mol. The summed E-state index contributed by atoms with van der Waals surface area (Å²) in [5.41, 5.74) is 1.31. The molecule has 2 rings (SSSR count). The van der Waals surface area contributed by atoms with Crippen LogP contribution in [0.15, 0.2) is 22.6 Å². The highest BCUT2D eigenvalue weighted by Gasteiger charge is 2.21. The third-order valence-electron chi connectivity index (χ3n) is 2.87. The van der Waals surface area contributed by atoms with E-state index in [-0.39, 0.29) is 12.5 Å². The molecule has 1 heterocycles. The van der Waals surface area contributed by atoms with Gasteiger partial charge in [-0.25, -0.2) is 9.78 Å². The molecule has 7 heteroatoms. The summed E-state index contributed by atoms with van der Waals surface area (Å²) in [5.74, 6) is 0.238. The van der Waals surface area contributed by atoms with Crippen LogP contribution < -0.4 is 5.32 Å². The van der Waals surface area contributed by atoms with E-state index in [0.717, 1.165) is 5.52 Å². The maximum Gasteiger partial charge on any atom is 0.410 e. The number of carbonyl (C=O) groups is 2. The van der Waals surface area contributed by atoms with Crippen molar-refractivity contribution in [3.63, 3.8) is 0 Å². The van der Waals surface area contributed by atoms with Gasteiger partial charge in [-0.1, -0.05) is 0 Å². The molecule has 1 aromatic carbocycles. The number of hydrogen-bond donors (Lipinski definition) is 1. The number of nitrogens with one attached hydrogen (secondary N) is 1. The number of aryl methyl sites for hydroxylation is 1. The van der Waals surface area contributed by atoms with Crippen molar-refractivity contribution in [2.24, 2.45) is 0 Å². The molecule has 2 aromatic rings. The van der Waals surface area contributed by atoms with Crippen molar-refractivity contribution in [2.45, 2.75) is 33.3 Å². The van der Waals surface area contributed by atoms with Gasteiger partial charge in [0, 0.05) is 25.7 Å². The predicted molar refractivity (Wildman–Crippen MR) is 86.2 cm³/mol. The number of anilines is 1. The SMILES string of the molecule is Cc1nc2ccc(NC(=O)CN(C)C(=O)OC(C)(C)C)cc2o1. The number of fused-ring (bicyclic) bond motifs is 1. The minimum Gasteiger partial charge on any atom is -0.444 e. The molecule has 0 aliphatic carbocycles. The molecule has 124 valence electrons. The maximum atomic E-state index is 12.0. The summed E-state index contributed by atoms with van der Waals surface area (Å²) in [5, 5.41) is 2.72. The molecule has 2 amide bonds. The van der Waals surface area contributed by atoms with E-state index in [9.17, 15) is 9.59 Å². The Morgan fingerprint density at radius 3 is 2.70 bits per heavy atom. The Bertz CT molecular complexity index is 730. The van der Waals surface area contributed by atoms with Crippen molar-refractivity contribution >= 4 is 28.8 Å². The summed E-state index contributed by atoms with van der Waals surface area (Å²) < 4.78 is 10.6. The maximum absolute atomic E-state index is 12.0. The largest absolute Gasteiger partial charge is 0.444 e. The quantitative estimate of drug-likeness (QED) is 0.940. The van der Waals surface area contributed by atoms with Crippen molar-refractivity contribution in [3.05, 3.63) is 24.1 Å². The molecule has 1 aromatic heterocycles. The number of likely N-dealkylation sites (N-methyl/N-ethyl adjacent to an activating group) is 1. The van der Waals surface area contributed by atoms with Crippen LogP contribution in [0, 0.1) is 6.92 Å². The van der Waals surface area contributed by atoms with E-state index in [1.54, 1.807) is 45.9 Å². The molecule has 23 heavy (non-hydrogen) atoms. The lowest BCUT2D eigenvalue weighted by atomic mass is 10.2. The number of hydrogen-bond acceptors (Lipinski definition) is 5. The number of rotatable bonds is 3. The fourth-order valence-electron chi connectivity index (χ4n) is 1.94. The molecule has 0 bridgehead atoms. The van der Waals surface area contributed by atoms with Crippen molar-refractivity contribution in [1.82, 2.24) is 9.88 Å². The molecule has 0 aliphatic rings. The number of amides is 2. The van der Waals surface area contributed by atoms with Crippen LogP contribution in [0.1, 0.15) is 26.7 Å². The topological polar surface area (TPSA) is 84.7 Å². The smallest absolute Gasteiger partial charge is 0.410 e. The van der Waals surface area contributed by atoms with Gasteiger partial charge in [0.15, 0.2) is 11.5 Å². The zero-order chi connectivity index (χ0) is 17.2. The molecule has 0 saturated carbocycles. The zero-order valence-corrected chi connectivity index (χ0v) is 14.0. The molecule has 0 fully saturated rings. The normalized spacial score (nSPS) is 11.3. The Kier molecular flexibility index (Phi) is 4.58. The monoisotopic (exact) mass is 319 g/mol. The Labute approximate surface area is 134 Å². The second kappa shape index (κ2) is 6.28. The Morgan fingerprint density at radius 1 is 1.35 bits per heavy atom. The van der Waals surface area contributed by atoms with E-state index in [4.69, 9.17) is 9.15 Å². The first-order valence-corrected chi connectivity index (χ1v) is 7.25. The number of nitrogens with zero attached hydrogens (tertiary/aromatic N) is 2. The molecule has 0 saturated heterocycles. The van der Waals surface area contributed by atoms with E-state index < -0.39 is 11.7 Å². The van der Waals surface area contributed by atoms with Crippen molar-refractivity contribution in [1.29, 1.82) is 0 Å². The number of ether oxygens (including phenoxy) is 1. The van der Waals surface area contributed by atoms with Crippen LogP contribution >= 0.6 is 0 Å². The summed E-state index contributed by atoms with van der Waals surface area (Å²) in [4.78, 5) is 29.3. The molecule has 7 nitrogen and oxygen atoms in total. The lowest BCUT2D eigenvalue weighted by Gasteiger charge is -2.24. The van der Waals surface area contributed by atoms with Crippen LogP contribution in [-0.2, 0) is 9.53 Å². The summed E-state index contributed by atoms with van der Waals surface area (Å²) in [6, 6.07) is 5.19. The molecule has 0 spiro atoms. The van der Waals surface area contributed by atoms with Gasteiger partial charge in [0.05, 0.1) is 0 Å². The first kappa shape index (κ1) is 16.8. The molecule has 0 unspecified atom stereocenters. The first-order valence-electron chi connectivity index (χ1n) is 7.25. The molecule has 1 N–H and O–H groups in total. The molecule has 0 radical (unpaired) electrons. The zero-order valence-electron chi connectivity index (χ0n) is 14.0. The summed E-state index contributed by atoms with van der Waals surface area (Å²) >= 11 is 0. The van der Waals surface area contributed by atoms with Gasteiger partial charge < -0.3 is 19.4 Å². The van der Waals surface area contributed by atoms with Crippen LogP contribution in [0.25, 0.3) is 11.1 Å². The van der Waals surface area contributed by atoms with Gasteiger partial charge in [-0.05, 0) is 32.9 Å². The first-order chi connectivity index (χ1) is 10.6. The van der Waals surface area contributed by atoms with Gasteiger partial charge in [0.25, 0.3) is 0 Å². The highest BCUT2D eigenvalue weighted by Crippen LogP contribution is 2.19. The van der Waals surface area contributed by atoms with Gasteiger partial charge in [-0.3, -0.25) is 4.79 Å². The second-order valence-corrected chi connectivity index (χ2v) is 6.30. The summed E-state index contributed by atoms with van der Waals surface area (Å²) in [7, 11) is 1.51. The summed E-state index contributed by atoms with van der Waals surface area (Å²) in [6.07, 6.45) is -0.547. The standard InChI is InChI=1S/C16H21N3O4/c1-10-17-12-7-6-11(8-13(12)22-10)18-14(20)9-19(5)15(21)23-16(2,3)4/h6-8H,9H2,1-5H3,(H,18,20). The lowest BCUT2D eigenvalue weighted by Crippen LogP contribution is -2.38.